The Bertz CT molecular complexity index is 894. The largest absolute Gasteiger partial charge is 0.355 e. The van der Waals surface area contributed by atoms with E-state index in [1.807, 2.05) is 57.4 Å². The first kappa shape index (κ1) is 17.7. The van der Waals surface area contributed by atoms with Gasteiger partial charge in [-0.25, -0.2) is 4.98 Å². The summed E-state index contributed by atoms with van der Waals surface area (Å²) in [6, 6.07) is 9.64. The van der Waals surface area contributed by atoms with Gasteiger partial charge in [0, 0.05) is 44.4 Å². The summed E-state index contributed by atoms with van der Waals surface area (Å²) in [5.74, 6) is 0.149. The monoisotopic (exact) mass is 382 g/mol. The van der Waals surface area contributed by atoms with Gasteiger partial charge in [-0.05, 0) is 36.4 Å². The van der Waals surface area contributed by atoms with Crippen LogP contribution in [0.25, 0.3) is 5.65 Å². The minimum absolute atomic E-state index is 0.0153. The number of aromatic nitrogens is 2. The van der Waals surface area contributed by atoms with Crippen molar-refractivity contribution in [2.45, 2.75) is 19.3 Å². The molecule has 1 fully saturated rings. The quantitative estimate of drug-likeness (QED) is 0.738. The van der Waals surface area contributed by atoms with Gasteiger partial charge in [0.25, 0.3) is 5.91 Å². The van der Waals surface area contributed by atoms with Gasteiger partial charge < -0.3 is 14.6 Å². The molecular formula is C20H22N4O2S. The minimum Gasteiger partial charge on any atom is -0.355 e. The highest BCUT2D eigenvalue weighted by Gasteiger charge is 2.27. The van der Waals surface area contributed by atoms with Gasteiger partial charge in [0.2, 0.25) is 5.91 Å². The maximum Gasteiger partial charge on any atom is 0.263 e. The Morgan fingerprint density at radius 1 is 1.19 bits per heavy atom. The number of imidazole rings is 1. The molecule has 1 saturated heterocycles. The molecule has 2 amide bonds. The molecule has 0 spiro atoms. The molecule has 0 bridgehead atoms. The third-order valence-electron chi connectivity index (χ3n) is 4.98. The Morgan fingerprint density at radius 3 is 2.78 bits per heavy atom. The van der Waals surface area contributed by atoms with Gasteiger partial charge in [-0.1, -0.05) is 12.1 Å². The van der Waals surface area contributed by atoms with E-state index in [0.29, 0.717) is 26.1 Å². The Hall–Kier alpha value is -2.67. The van der Waals surface area contributed by atoms with E-state index in [-0.39, 0.29) is 17.7 Å². The van der Waals surface area contributed by atoms with Crippen LogP contribution in [0.2, 0.25) is 0 Å². The summed E-state index contributed by atoms with van der Waals surface area (Å²) in [6.07, 6.45) is 6.11. The second kappa shape index (κ2) is 7.92. The van der Waals surface area contributed by atoms with E-state index in [1.165, 1.54) is 11.3 Å². The molecule has 1 N–H and O–H groups in total. The molecular weight excluding hydrogens is 360 g/mol. The molecule has 3 aromatic rings. The number of nitrogens with one attached hydrogen (secondary N) is 1. The summed E-state index contributed by atoms with van der Waals surface area (Å²) in [5, 5.41) is 4.94. The molecule has 7 heteroatoms. The lowest BCUT2D eigenvalue weighted by Gasteiger charge is -2.31. The van der Waals surface area contributed by atoms with Crippen molar-refractivity contribution in [3.05, 3.63) is 58.7 Å². The Labute approximate surface area is 161 Å². The highest BCUT2D eigenvalue weighted by Crippen LogP contribution is 2.21. The predicted molar refractivity (Wildman–Crippen MR) is 105 cm³/mol. The predicted octanol–water partition coefficient (Wildman–Crippen LogP) is 2.61. The van der Waals surface area contributed by atoms with Gasteiger partial charge >= 0.3 is 0 Å². The van der Waals surface area contributed by atoms with E-state index in [4.69, 9.17) is 0 Å². The van der Waals surface area contributed by atoms with Crippen molar-refractivity contribution in [3.63, 3.8) is 0 Å². The summed E-state index contributed by atoms with van der Waals surface area (Å²) >= 11 is 1.46. The van der Waals surface area contributed by atoms with Crippen LogP contribution >= 0.6 is 11.3 Å². The van der Waals surface area contributed by atoms with Crippen molar-refractivity contribution < 1.29 is 9.59 Å². The van der Waals surface area contributed by atoms with E-state index in [9.17, 15) is 9.59 Å². The fraction of sp³-hybridized carbons (Fsp3) is 0.350. The molecule has 0 saturated carbocycles. The van der Waals surface area contributed by atoms with Crippen molar-refractivity contribution in [2.24, 2.45) is 5.92 Å². The highest BCUT2D eigenvalue weighted by atomic mass is 32.1. The van der Waals surface area contributed by atoms with Crippen molar-refractivity contribution in [3.8, 4) is 0 Å². The Kier molecular flexibility index (Phi) is 5.20. The summed E-state index contributed by atoms with van der Waals surface area (Å²) in [7, 11) is 0. The summed E-state index contributed by atoms with van der Waals surface area (Å²) in [5.41, 5.74) is 1.89. The normalized spacial score (nSPS) is 15.2. The zero-order valence-corrected chi connectivity index (χ0v) is 15.8. The highest BCUT2D eigenvalue weighted by molar-refractivity contribution is 7.12. The average Bonchev–Trinajstić information content (AvgIpc) is 3.37. The van der Waals surface area contributed by atoms with Crippen LogP contribution in [0, 0.1) is 5.92 Å². The number of pyridine rings is 1. The number of amides is 2. The van der Waals surface area contributed by atoms with E-state index in [0.717, 1.165) is 29.1 Å². The lowest BCUT2D eigenvalue weighted by atomic mass is 9.95. The summed E-state index contributed by atoms with van der Waals surface area (Å²) < 4.78 is 1.98. The molecule has 1 aliphatic heterocycles. The maximum absolute atomic E-state index is 12.4. The van der Waals surface area contributed by atoms with Crippen molar-refractivity contribution in [1.82, 2.24) is 19.6 Å². The van der Waals surface area contributed by atoms with Crippen molar-refractivity contribution in [1.29, 1.82) is 0 Å². The Balaban J connectivity index is 1.23. The van der Waals surface area contributed by atoms with E-state index in [1.54, 1.807) is 0 Å². The number of piperidine rings is 1. The number of thiophene rings is 1. The van der Waals surface area contributed by atoms with Crippen LogP contribution in [0.1, 0.15) is 28.2 Å². The molecule has 0 aliphatic carbocycles. The van der Waals surface area contributed by atoms with Gasteiger partial charge in [-0.3, -0.25) is 9.59 Å². The van der Waals surface area contributed by atoms with Gasteiger partial charge in [0.15, 0.2) is 0 Å². The molecule has 1 aliphatic rings. The molecule has 4 heterocycles. The third kappa shape index (κ3) is 4.03. The van der Waals surface area contributed by atoms with Crippen LogP contribution in [0.5, 0.6) is 0 Å². The fourth-order valence-corrected chi connectivity index (χ4v) is 4.16. The van der Waals surface area contributed by atoms with E-state index >= 15 is 0 Å². The van der Waals surface area contributed by atoms with Gasteiger partial charge in [-0.15, -0.1) is 11.3 Å². The van der Waals surface area contributed by atoms with Crippen molar-refractivity contribution >= 4 is 28.8 Å². The number of rotatable bonds is 5. The van der Waals surface area contributed by atoms with Gasteiger partial charge in [0.05, 0.1) is 10.6 Å². The van der Waals surface area contributed by atoms with Gasteiger partial charge in [-0.2, -0.15) is 0 Å². The standard InChI is InChI=1S/C20H22N4O2S/c25-19(21-9-6-16-14-24-10-2-1-5-18(24)22-16)15-7-11-23(12-8-15)20(26)17-4-3-13-27-17/h1-5,10,13-15H,6-9,11-12H2,(H,21,25). The number of fused-ring (bicyclic) bond motifs is 1. The smallest absolute Gasteiger partial charge is 0.263 e. The topological polar surface area (TPSA) is 66.7 Å². The molecule has 27 heavy (non-hydrogen) atoms. The zero-order valence-electron chi connectivity index (χ0n) is 15.0. The molecule has 0 unspecified atom stereocenters. The lowest BCUT2D eigenvalue weighted by molar-refractivity contribution is -0.126. The molecule has 4 rings (SSSR count). The van der Waals surface area contributed by atoms with Crippen LogP contribution < -0.4 is 5.32 Å². The summed E-state index contributed by atoms with van der Waals surface area (Å²) in [6.45, 7) is 1.86. The molecule has 0 radical (unpaired) electrons. The fourth-order valence-electron chi connectivity index (χ4n) is 3.47. The number of carbonyl (C=O) groups excluding carboxylic acids is 2. The first-order valence-electron chi connectivity index (χ1n) is 9.24. The lowest BCUT2D eigenvalue weighted by Crippen LogP contribution is -2.43. The number of carbonyl (C=O) groups is 2. The third-order valence-corrected chi connectivity index (χ3v) is 5.84. The number of nitrogens with zero attached hydrogens (tertiary/aromatic N) is 3. The molecule has 0 atom stereocenters. The number of hydrogen-bond donors (Lipinski definition) is 1. The second-order valence-electron chi connectivity index (χ2n) is 6.78. The minimum atomic E-state index is -0.0153. The van der Waals surface area contributed by atoms with E-state index in [2.05, 4.69) is 10.3 Å². The first-order chi connectivity index (χ1) is 13.2. The second-order valence-corrected chi connectivity index (χ2v) is 7.73. The van der Waals surface area contributed by atoms with Crippen LogP contribution in [0.15, 0.2) is 48.1 Å². The average molecular weight is 382 g/mol. The number of hydrogen-bond acceptors (Lipinski definition) is 4. The van der Waals surface area contributed by atoms with Gasteiger partial charge in [0.1, 0.15) is 5.65 Å². The Morgan fingerprint density at radius 2 is 2.04 bits per heavy atom. The zero-order chi connectivity index (χ0) is 18.6. The van der Waals surface area contributed by atoms with Crippen LogP contribution in [0.3, 0.4) is 0 Å². The maximum atomic E-state index is 12.4. The van der Waals surface area contributed by atoms with E-state index < -0.39 is 0 Å². The van der Waals surface area contributed by atoms with Crippen LogP contribution in [-0.4, -0.2) is 45.7 Å². The van der Waals surface area contributed by atoms with Crippen LogP contribution in [0.4, 0.5) is 0 Å². The molecule has 140 valence electrons. The molecule has 3 aromatic heterocycles. The SMILES string of the molecule is O=C(NCCc1cn2ccccc2n1)C1CCN(C(=O)c2cccs2)CC1. The van der Waals surface area contributed by atoms with Crippen LogP contribution in [-0.2, 0) is 11.2 Å². The summed E-state index contributed by atoms with van der Waals surface area (Å²) in [4.78, 5) is 32.0. The first-order valence-corrected chi connectivity index (χ1v) is 10.1. The molecule has 6 nitrogen and oxygen atoms in total. The molecule has 0 aromatic carbocycles. The number of likely N-dealkylation sites (tertiary alicyclic amines) is 1. The van der Waals surface area contributed by atoms with Crippen molar-refractivity contribution in [2.75, 3.05) is 19.6 Å².